The SMILES string of the molecule is COc1cc(N2CC(C(=O)NCc3ccc(CS(N)(=O)=O)cc3)CC2=O)cc(OC)c1OC. The minimum atomic E-state index is -3.60. The van der Waals surface area contributed by atoms with E-state index in [0.717, 1.165) is 5.56 Å². The molecule has 2 aromatic carbocycles. The number of nitrogens with zero attached hydrogens (tertiary/aromatic N) is 1. The van der Waals surface area contributed by atoms with Gasteiger partial charge in [-0.25, -0.2) is 13.6 Å². The van der Waals surface area contributed by atoms with Gasteiger partial charge in [-0.2, -0.15) is 0 Å². The van der Waals surface area contributed by atoms with Gasteiger partial charge in [0.1, 0.15) is 0 Å². The summed E-state index contributed by atoms with van der Waals surface area (Å²) < 4.78 is 38.4. The Morgan fingerprint density at radius 2 is 1.64 bits per heavy atom. The summed E-state index contributed by atoms with van der Waals surface area (Å²) in [6.45, 7) is 0.472. The van der Waals surface area contributed by atoms with E-state index in [2.05, 4.69) is 5.32 Å². The lowest BCUT2D eigenvalue weighted by atomic mass is 10.1. The molecule has 0 radical (unpaired) electrons. The summed E-state index contributed by atoms with van der Waals surface area (Å²) in [4.78, 5) is 26.9. The topological polar surface area (TPSA) is 137 Å². The number of hydrogen-bond donors (Lipinski definition) is 2. The Hall–Kier alpha value is -3.31. The Balaban J connectivity index is 1.65. The normalized spacial score (nSPS) is 15.9. The van der Waals surface area contributed by atoms with E-state index in [1.54, 1.807) is 36.4 Å². The molecule has 0 saturated carbocycles. The van der Waals surface area contributed by atoms with E-state index in [9.17, 15) is 18.0 Å². The van der Waals surface area contributed by atoms with Crippen LogP contribution in [0, 0.1) is 5.92 Å². The lowest BCUT2D eigenvalue weighted by molar-refractivity contribution is -0.126. The van der Waals surface area contributed by atoms with Gasteiger partial charge in [0.15, 0.2) is 11.5 Å². The van der Waals surface area contributed by atoms with Gasteiger partial charge in [-0.3, -0.25) is 9.59 Å². The minimum Gasteiger partial charge on any atom is -0.493 e. The average molecular weight is 478 g/mol. The number of carbonyl (C=O) groups is 2. The van der Waals surface area contributed by atoms with Crippen LogP contribution in [0.2, 0.25) is 0 Å². The first-order valence-electron chi connectivity index (χ1n) is 10.1. The van der Waals surface area contributed by atoms with E-state index in [1.165, 1.54) is 26.2 Å². The van der Waals surface area contributed by atoms with Gasteiger partial charge in [-0.05, 0) is 11.1 Å². The van der Waals surface area contributed by atoms with Crippen molar-refractivity contribution in [2.75, 3.05) is 32.8 Å². The van der Waals surface area contributed by atoms with Crippen LogP contribution in [0.3, 0.4) is 0 Å². The number of nitrogens with two attached hydrogens (primary N) is 1. The first kappa shape index (κ1) is 24.3. The Bertz CT molecular complexity index is 1110. The maximum Gasteiger partial charge on any atom is 0.227 e. The Morgan fingerprint density at radius 1 is 1.06 bits per heavy atom. The number of carbonyl (C=O) groups excluding carboxylic acids is 2. The van der Waals surface area contributed by atoms with Gasteiger partial charge in [-0.15, -0.1) is 0 Å². The molecule has 178 valence electrons. The van der Waals surface area contributed by atoms with Crippen molar-refractivity contribution in [2.45, 2.75) is 18.7 Å². The molecule has 1 saturated heterocycles. The molecule has 3 N–H and O–H groups in total. The predicted octanol–water partition coefficient (Wildman–Crippen LogP) is 1.17. The quantitative estimate of drug-likeness (QED) is 0.553. The van der Waals surface area contributed by atoms with Crippen molar-refractivity contribution in [1.82, 2.24) is 5.32 Å². The molecule has 1 unspecified atom stereocenters. The largest absolute Gasteiger partial charge is 0.493 e. The maximum atomic E-state index is 12.7. The molecule has 0 bridgehead atoms. The molecular weight excluding hydrogens is 450 g/mol. The second kappa shape index (κ2) is 10.1. The molecule has 10 nitrogen and oxygen atoms in total. The Labute approximate surface area is 192 Å². The van der Waals surface area contributed by atoms with Crippen LogP contribution in [0.15, 0.2) is 36.4 Å². The highest BCUT2D eigenvalue weighted by Crippen LogP contribution is 2.42. The fraction of sp³-hybridized carbons (Fsp3) is 0.364. The van der Waals surface area contributed by atoms with E-state index in [4.69, 9.17) is 19.3 Å². The molecule has 33 heavy (non-hydrogen) atoms. The van der Waals surface area contributed by atoms with Crippen molar-refractivity contribution >= 4 is 27.5 Å². The summed E-state index contributed by atoms with van der Waals surface area (Å²) in [7, 11) is 0.874. The van der Waals surface area contributed by atoms with Gasteiger partial charge in [0.05, 0.1) is 38.7 Å². The van der Waals surface area contributed by atoms with Crippen molar-refractivity contribution in [2.24, 2.45) is 11.1 Å². The molecule has 1 atom stereocenters. The smallest absolute Gasteiger partial charge is 0.227 e. The van der Waals surface area contributed by atoms with Crippen molar-refractivity contribution in [1.29, 1.82) is 0 Å². The number of ether oxygens (including phenoxy) is 3. The van der Waals surface area contributed by atoms with Crippen LogP contribution in [0.5, 0.6) is 17.2 Å². The number of sulfonamides is 1. The van der Waals surface area contributed by atoms with E-state index in [1.807, 2.05) is 0 Å². The number of rotatable bonds is 9. The summed E-state index contributed by atoms with van der Waals surface area (Å²) in [6, 6.07) is 10.1. The van der Waals surface area contributed by atoms with E-state index < -0.39 is 15.9 Å². The standard InChI is InChI=1S/C22H27N3O7S/c1-30-18-9-17(10-19(31-2)21(18)32-3)25-12-16(8-20(25)26)22(27)24-11-14-4-6-15(7-5-14)13-33(23,28)29/h4-7,9-10,16H,8,11-13H2,1-3H3,(H,24,27)(H2,23,28,29). The highest BCUT2D eigenvalue weighted by molar-refractivity contribution is 7.88. The van der Waals surface area contributed by atoms with Crippen LogP contribution >= 0.6 is 0 Å². The molecule has 2 amide bonds. The summed E-state index contributed by atoms with van der Waals surface area (Å²) >= 11 is 0. The number of benzene rings is 2. The predicted molar refractivity (Wildman–Crippen MR) is 122 cm³/mol. The molecule has 1 aliphatic rings. The summed E-state index contributed by atoms with van der Waals surface area (Å²) in [6.07, 6.45) is 0.0792. The number of nitrogens with one attached hydrogen (secondary N) is 1. The van der Waals surface area contributed by atoms with Crippen LogP contribution in [-0.2, 0) is 31.9 Å². The highest BCUT2D eigenvalue weighted by Gasteiger charge is 2.36. The third kappa shape index (κ3) is 5.93. The van der Waals surface area contributed by atoms with E-state index >= 15 is 0 Å². The van der Waals surface area contributed by atoms with Crippen molar-refractivity contribution in [3.8, 4) is 17.2 Å². The molecule has 1 heterocycles. The van der Waals surface area contributed by atoms with Crippen molar-refractivity contribution in [3.05, 3.63) is 47.5 Å². The molecule has 0 aromatic heterocycles. The molecule has 0 aliphatic carbocycles. The third-order valence-corrected chi connectivity index (χ3v) is 6.05. The number of hydrogen-bond acceptors (Lipinski definition) is 7. The number of amides is 2. The van der Waals surface area contributed by atoms with Gasteiger partial charge < -0.3 is 24.4 Å². The minimum absolute atomic E-state index is 0.0792. The van der Waals surface area contributed by atoms with Crippen LogP contribution in [-0.4, -0.2) is 48.1 Å². The van der Waals surface area contributed by atoms with Crippen LogP contribution in [0.1, 0.15) is 17.5 Å². The summed E-state index contributed by atoms with van der Waals surface area (Å²) in [5, 5.41) is 7.88. The van der Waals surface area contributed by atoms with Crippen LogP contribution in [0.25, 0.3) is 0 Å². The summed E-state index contributed by atoms with van der Waals surface area (Å²) in [5.41, 5.74) is 1.91. The van der Waals surface area contributed by atoms with Crippen LogP contribution in [0.4, 0.5) is 5.69 Å². The monoisotopic (exact) mass is 477 g/mol. The molecule has 1 fully saturated rings. The third-order valence-electron chi connectivity index (χ3n) is 5.31. The number of anilines is 1. The first-order chi connectivity index (χ1) is 15.6. The van der Waals surface area contributed by atoms with Crippen molar-refractivity contribution < 1.29 is 32.2 Å². The second-order valence-corrected chi connectivity index (χ2v) is 9.24. The molecule has 1 aliphatic heterocycles. The molecular formula is C22H27N3O7S. The molecule has 2 aromatic rings. The highest BCUT2D eigenvalue weighted by atomic mass is 32.2. The van der Waals surface area contributed by atoms with Gasteiger partial charge in [0.25, 0.3) is 0 Å². The summed E-state index contributed by atoms with van der Waals surface area (Å²) in [5.74, 6) is 0.0548. The zero-order valence-corrected chi connectivity index (χ0v) is 19.5. The lowest BCUT2D eigenvalue weighted by Crippen LogP contribution is -2.32. The second-order valence-electron chi connectivity index (χ2n) is 7.63. The number of methoxy groups -OCH3 is 3. The maximum absolute atomic E-state index is 12.7. The van der Waals surface area contributed by atoms with Gasteiger partial charge in [-0.1, -0.05) is 24.3 Å². The first-order valence-corrected chi connectivity index (χ1v) is 11.8. The molecule has 0 spiro atoms. The van der Waals surface area contributed by atoms with Gasteiger partial charge >= 0.3 is 0 Å². The average Bonchev–Trinajstić information content (AvgIpc) is 3.18. The van der Waals surface area contributed by atoms with Crippen LogP contribution < -0.4 is 29.6 Å². The molecule has 3 rings (SSSR count). The van der Waals surface area contributed by atoms with E-state index in [0.29, 0.717) is 28.5 Å². The van der Waals surface area contributed by atoms with Gasteiger partial charge in [0.2, 0.25) is 27.6 Å². The van der Waals surface area contributed by atoms with Crippen molar-refractivity contribution in [3.63, 3.8) is 0 Å². The zero-order chi connectivity index (χ0) is 24.2. The fourth-order valence-electron chi connectivity index (χ4n) is 3.67. The fourth-order valence-corrected chi connectivity index (χ4v) is 4.33. The molecule has 11 heteroatoms. The lowest BCUT2D eigenvalue weighted by Gasteiger charge is -2.20. The zero-order valence-electron chi connectivity index (χ0n) is 18.7. The Kier molecular flexibility index (Phi) is 7.44. The number of primary sulfonamides is 1. The van der Waals surface area contributed by atoms with Gasteiger partial charge in [0, 0.05) is 31.6 Å². The van der Waals surface area contributed by atoms with E-state index in [-0.39, 0.29) is 37.1 Å². The Morgan fingerprint density at radius 3 is 2.15 bits per heavy atom.